The van der Waals surface area contributed by atoms with Gasteiger partial charge in [0.15, 0.2) is 0 Å². The van der Waals surface area contributed by atoms with Gasteiger partial charge in [0.05, 0.1) is 29.3 Å². The minimum absolute atomic E-state index is 0.131. The van der Waals surface area contributed by atoms with Gasteiger partial charge in [0, 0.05) is 12.1 Å². The SMILES string of the molecule is O=C(O)c1cc(C(F)(F)F)c(Cc2ccccc2)c(C(F)(F)F)c1C1OCCNC1c1ccc(F)cc1. The number of carboxylic acids is 1. The molecule has 4 rings (SSSR count). The number of morpholine rings is 1. The van der Waals surface area contributed by atoms with Gasteiger partial charge in [-0.05, 0) is 41.3 Å². The van der Waals surface area contributed by atoms with Crippen LogP contribution in [0.15, 0.2) is 60.7 Å². The molecule has 2 atom stereocenters. The lowest BCUT2D eigenvalue weighted by molar-refractivity contribution is -0.146. The van der Waals surface area contributed by atoms with Crippen LogP contribution in [-0.2, 0) is 23.5 Å². The van der Waals surface area contributed by atoms with Crippen LogP contribution in [0.1, 0.15) is 55.9 Å². The molecule has 0 amide bonds. The summed E-state index contributed by atoms with van der Waals surface area (Å²) in [4.78, 5) is 12.1. The van der Waals surface area contributed by atoms with Crippen LogP contribution in [0.2, 0.25) is 0 Å². The Bertz CT molecular complexity index is 1270. The fraction of sp³-hybridized carbons (Fsp3) is 0.269. The highest BCUT2D eigenvalue weighted by molar-refractivity contribution is 5.91. The third kappa shape index (κ3) is 5.62. The Morgan fingerprint density at radius 3 is 2.19 bits per heavy atom. The number of rotatable bonds is 5. The molecule has 0 saturated carbocycles. The first-order valence-electron chi connectivity index (χ1n) is 11.1. The van der Waals surface area contributed by atoms with Crippen LogP contribution in [0.5, 0.6) is 0 Å². The van der Waals surface area contributed by atoms with E-state index in [9.17, 15) is 40.6 Å². The highest BCUT2D eigenvalue weighted by atomic mass is 19.4. The first-order chi connectivity index (χ1) is 17.4. The van der Waals surface area contributed by atoms with Crippen LogP contribution < -0.4 is 5.32 Å². The maximum absolute atomic E-state index is 14.7. The Labute approximate surface area is 206 Å². The minimum atomic E-state index is -5.36. The van der Waals surface area contributed by atoms with Crippen molar-refractivity contribution in [1.82, 2.24) is 5.32 Å². The maximum atomic E-state index is 14.7. The molecule has 0 aliphatic carbocycles. The highest BCUT2D eigenvalue weighted by Crippen LogP contribution is 2.48. The monoisotopic (exact) mass is 527 g/mol. The quantitative estimate of drug-likeness (QED) is 0.370. The molecular formula is C26H20F7NO3. The molecule has 1 fully saturated rings. The molecule has 1 aliphatic heterocycles. The summed E-state index contributed by atoms with van der Waals surface area (Å²) in [6.07, 6.45) is -13.0. The molecule has 1 aliphatic rings. The lowest BCUT2D eigenvalue weighted by Crippen LogP contribution is -2.39. The molecule has 0 radical (unpaired) electrons. The molecule has 0 spiro atoms. The van der Waals surface area contributed by atoms with Crippen LogP contribution in [0.3, 0.4) is 0 Å². The van der Waals surface area contributed by atoms with E-state index >= 15 is 0 Å². The van der Waals surface area contributed by atoms with E-state index in [1.165, 1.54) is 36.4 Å². The fourth-order valence-corrected chi connectivity index (χ4v) is 4.59. The van der Waals surface area contributed by atoms with Gasteiger partial charge in [0.1, 0.15) is 11.9 Å². The number of hydrogen-bond donors (Lipinski definition) is 2. The van der Waals surface area contributed by atoms with Gasteiger partial charge in [-0.2, -0.15) is 26.3 Å². The summed E-state index contributed by atoms with van der Waals surface area (Å²) in [6, 6.07) is 11.1. The van der Waals surface area contributed by atoms with Crippen LogP contribution in [-0.4, -0.2) is 24.2 Å². The van der Waals surface area contributed by atoms with E-state index in [1.54, 1.807) is 6.07 Å². The van der Waals surface area contributed by atoms with Gasteiger partial charge >= 0.3 is 18.3 Å². The predicted molar refractivity (Wildman–Crippen MR) is 118 cm³/mol. The minimum Gasteiger partial charge on any atom is -0.478 e. The summed E-state index contributed by atoms with van der Waals surface area (Å²) < 4.78 is 105. The smallest absolute Gasteiger partial charge is 0.417 e. The number of nitrogens with one attached hydrogen (secondary N) is 1. The summed E-state index contributed by atoms with van der Waals surface area (Å²) in [5, 5.41) is 12.7. The van der Waals surface area contributed by atoms with Crippen LogP contribution in [0.4, 0.5) is 30.7 Å². The third-order valence-corrected chi connectivity index (χ3v) is 6.10. The Balaban J connectivity index is 2.05. The van der Waals surface area contributed by atoms with Crippen molar-refractivity contribution in [2.45, 2.75) is 30.9 Å². The molecule has 3 aromatic carbocycles. The number of carbonyl (C=O) groups is 1. The average molecular weight is 527 g/mol. The number of carboxylic acid groups (broad SMARTS) is 1. The number of ether oxygens (including phenoxy) is 1. The molecule has 11 heteroatoms. The summed E-state index contributed by atoms with van der Waals surface area (Å²) in [5.41, 5.74) is -6.13. The Kier molecular flexibility index (Phi) is 7.29. The Hall–Kier alpha value is -3.44. The Morgan fingerprint density at radius 2 is 1.62 bits per heavy atom. The molecule has 0 bridgehead atoms. The summed E-state index contributed by atoms with van der Waals surface area (Å²) in [7, 11) is 0. The van der Waals surface area contributed by atoms with Crippen molar-refractivity contribution < 1.29 is 45.4 Å². The van der Waals surface area contributed by atoms with E-state index in [2.05, 4.69) is 5.32 Å². The van der Waals surface area contributed by atoms with Crippen molar-refractivity contribution >= 4 is 5.97 Å². The van der Waals surface area contributed by atoms with E-state index in [0.717, 1.165) is 12.1 Å². The summed E-state index contributed by atoms with van der Waals surface area (Å²) in [6.45, 7) is 0.0353. The summed E-state index contributed by atoms with van der Waals surface area (Å²) in [5.74, 6) is -2.58. The second-order valence-corrected chi connectivity index (χ2v) is 8.48. The first-order valence-corrected chi connectivity index (χ1v) is 11.1. The second kappa shape index (κ2) is 10.1. The zero-order valence-electron chi connectivity index (χ0n) is 19.0. The van der Waals surface area contributed by atoms with Crippen molar-refractivity contribution in [3.8, 4) is 0 Å². The van der Waals surface area contributed by atoms with Gasteiger partial charge in [-0.25, -0.2) is 9.18 Å². The molecule has 4 nitrogen and oxygen atoms in total. The predicted octanol–water partition coefficient (Wildman–Crippen LogP) is 6.55. The number of alkyl halides is 6. The van der Waals surface area contributed by atoms with E-state index in [-0.39, 0.29) is 30.3 Å². The number of benzene rings is 3. The zero-order chi connectivity index (χ0) is 27.0. The first kappa shape index (κ1) is 26.6. The van der Waals surface area contributed by atoms with Crippen molar-refractivity contribution in [3.63, 3.8) is 0 Å². The molecule has 196 valence electrons. The fourth-order valence-electron chi connectivity index (χ4n) is 4.59. The second-order valence-electron chi connectivity index (χ2n) is 8.48. The molecule has 37 heavy (non-hydrogen) atoms. The number of halogens is 7. The molecule has 2 N–H and O–H groups in total. The molecular weight excluding hydrogens is 507 g/mol. The van der Waals surface area contributed by atoms with Crippen LogP contribution in [0.25, 0.3) is 0 Å². The summed E-state index contributed by atoms with van der Waals surface area (Å²) >= 11 is 0. The van der Waals surface area contributed by atoms with E-state index in [4.69, 9.17) is 4.74 Å². The van der Waals surface area contributed by atoms with Crippen molar-refractivity contribution in [2.24, 2.45) is 0 Å². The van der Waals surface area contributed by atoms with Gasteiger partial charge in [-0.1, -0.05) is 42.5 Å². The number of hydrogen-bond acceptors (Lipinski definition) is 3. The molecule has 1 heterocycles. The van der Waals surface area contributed by atoms with Gasteiger partial charge in [0.2, 0.25) is 0 Å². The lowest BCUT2D eigenvalue weighted by Gasteiger charge is -2.36. The Morgan fingerprint density at radius 1 is 0.973 bits per heavy atom. The molecule has 1 saturated heterocycles. The lowest BCUT2D eigenvalue weighted by atomic mass is 9.82. The standard InChI is InChI=1S/C26H20F7NO3/c27-16-8-6-15(7-9-16)22-23(37-11-10-34-22)20-18(24(35)36)13-19(25(28,29)30)17(21(20)26(31,32)33)12-14-4-2-1-3-5-14/h1-9,13,22-23,34H,10-12H2,(H,35,36). The van der Waals surface area contributed by atoms with Crippen molar-refractivity contribution in [3.05, 3.63) is 105 Å². The average Bonchev–Trinajstić information content (AvgIpc) is 2.83. The molecule has 2 unspecified atom stereocenters. The van der Waals surface area contributed by atoms with E-state index in [1.807, 2.05) is 0 Å². The molecule has 0 aromatic heterocycles. The van der Waals surface area contributed by atoms with E-state index in [0.29, 0.717) is 0 Å². The molecule has 3 aromatic rings. The number of aromatic carboxylic acids is 1. The van der Waals surface area contributed by atoms with Gasteiger partial charge in [-0.3, -0.25) is 0 Å². The maximum Gasteiger partial charge on any atom is 0.417 e. The van der Waals surface area contributed by atoms with Gasteiger partial charge < -0.3 is 15.2 Å². The van der Waals surface area contributed by atoms with Crippen molar-refractivity contribution in [2.75, 3.05) is 13.2 Å². The van der Waals surface area contributed by atoms with Gasteiger partial charge in [0.25, 0.3) is 0 Å². The van der Waals surface area contributed by atoms with E-state index < -0.39 is 70.5 Å². The van der Waals surface area contributed by atoms with Crippen LogP contribution in [0, 0.1) is 5.82 Å². The van der Waals surface area contributed by atoms with Gasteiger partial charge in [-0.15, -0.1) is 0 Å². The normalized spacial score (nSPS) is 18.6. The zero-order valence-corrected chi connectivity index (χ0v) is 19.0. The van der Waals surface area contributed by atoms with Crippen molar-refractivity contribution in [1.29, 1.82) is 0 Å². The largest absolute Gasteiger partial charge is 0.478 e. The van der Waals surface area contributed by atoms with Crippen LogP contribution >= 0.6 is 0 Å². The highest BCUT2D eigenvalue weighted by Gasteiger charge is 2.47. The topological polar surface area (TPSA) is 58.6 Å². The third-order valence-electron chi connectivity index (χ3n) is 6.10.